The third-order valence-electron chi connectivity index (χ3n) is 3.50. The van der Waals surface area contributed by atoms with Crippen LogP contribution in [0.2, 0.25) is 0 Å². The highest BCUT2D eigenvalue weighted by Gasteiger charge is 2.25. The Bertz CT molecular complexity index is 573. The maximum absolute atomic E-state index is 12.4. The Morgan fingerprint density at radius 3 is 2.60 bits per heavy atom. The molecule has 0 fully saturated rings. The fraction of sp³-hybridized carbons (Fsp3) is 0.312. The number of hydrogen-bond acceptors (Lipinski definition) is 3. The highest BCUT2D eigenvalue weighted by atomic mass is 32.1. The third kappa shape index (κ3) is 3.08. The van der Waals surface area contributed by atoms with E-state index in [0.29, 0.717) is 11.3 Å². The van der Waals surface area contributed by atoms with E-state index in [1.165, 1.54) is 11.3 Å². The molecule has 3 nitrogen and oxygen atoms in total. The van der Waals surface area contributed by atoms with Gasteiger partial charge < -0.3 is 10.4 Å². The standard InChI is InChI=1S/C16H19NO2S/c1-3-16(2,11-18)17-15(19)14-13(9-10-20-14)12-7-5-4-6-8-12/h4-10,18H,3,11H2,1-2H3,(H,17,19). The van der Waals surface area contributed by atoms with Crippen molar-refractivity contribution in [2.45, 2.75) is 25.8 Å². The molecule has 0 aliphatic rings. The van der Waals surface area contributed by atoms with Crippen LogP contribution in [0, 0.1) is 0 Å². The summed E-state index contributed by atoms with van der Waals surface area (Å²) in [4.78, 5) is 13.1. The monoisotopic (exact) mass is 289 g/mol. The topological polar surface area (TPSA) is 49.3 Å². The molecule has 4 heteroatoms. The number of thiophene rings is 1. The van der Waals surface area contributed by atoms with E-state index in [2.05, 4.69) is 5.32 Å². The van der Waals surface area contributed by atoms with Crippen molar-refractivity contribution in [1.29, 1.82) is 0 Å². The van der Waals surface area contributed by atoms with Crippen LogP contribution in [0.5, 0.6) is 0 Å². The first-order valence-electron chi connectivity index (χ1n) is 6.66. The highest BCUT2D eigenvalue weighted by Crippen LogP contribution is 2.28. The lowest BCUT2D eigenvalue weighted by Crippen LogP contribution is -2.48. The van der Waals surface area contributed by atoms with E-state index in [1.807, 2.05) is 55.6 Å². The van der Waals surface area contributed by atoms with E-state index in [1.54, 1.807) is 0 Å². The SMILES string of the molecule is CCC(C)(CO)NC(=O)c1sccc1-c1ccccc1. The summed E-state index contributed by atoms with van der Waals surface area (Å²) in [5.74, 6) is -0.128. The molecule has 0 saturated carbocycles. The second kappa shape index (κ2) is 6.20. The van der Waals surface area contributed by atoms with Gasteiger partial charge in [-0.1, -0.05) is 37.3 Å². The van der Waals surface area contributed by atoms with E-state index in [9.17, 15) is 9.90 Å². The van der Waals surface area contributed by atoms with Crippen molar-refractivity contribution in [1.82, 2.24) is 5.32 Å². The molecule has 1 heterocycles. The Morgan fingerprint density at radius 2 is 2.00 bits per heavy atom. The number of aliphatic hydroxyl groups excluding tert-OH is 1. The van der Waals surface area contributed by atoms with Gasteiger partial charge in [0.05, 0.1) is 17.0 Å². The number of benzene rings is 1. The zero-order chi connectivity index (χ0) is 14.6. The van der Waals surface area contributed by atoms with Crippen LogP contribution >= 0.6 is 11.3 Å². The van der Waals surface area contributed by atoms with Gasteiger partial charge in [0.15, 0.2) is 0 Å². The number of aliphatic hydroxyl groups is 1. The molecule has 0 radical (unpaired) electrons. The molecule has 1 unspecified atom stereocenters. The van der Waals surface area contributed by atoms with Crippen LogP contribution < -0.4 is 5.32 Å². The Kier molecular flexibility index (Phi) is 4.57. The second-order valence-electron chi connectivity index (χ2n) is 5.06. The van der Waals surface area contributed by atoms with Crippen molar-refractivity contribution in [3.8, 4) is 11.1 Å². The molecule has 0 bridgehead atoms. The Morgan fingerprint density at radius 1 is 1.30 bits per heavy atom. The van der Waals surface area contributed by atoms with Crippen molar-refractivity contribution in [3.05, 3.63) is 46.7 Å². The van der Waals surface area contributed by atoms with Crippen LogP contribution in [0.4, 0.5) is 0 Å². The van der Waals surface area contributed by atoms with Crippen molar-refractivity contribution in [2.24, 2.45) is 0 Å². The third-order valence-corrected chi connectivity index (χ3v) is 4.41. The van der Waals surface area contributed by atoms with Gasteiger partial charge >= 0.3 is 0 Å². The first kappa shape index (κ1) is 14.8. The first-order valence-corrected chi connectivity index (χ1v) is 7.54. The van der Waals surface area contributed by atoms with E-state index in [-0.39, 0.29) is 12.5 Å². The van der Waals surface area contributed by atoms with E-state index >= 15 is 0 Å². The molecule has 0 spiro atoms. The summed E-state index contributed by atoms with van der Waals surface area (Å²) in [6, 6.07) is 11.8. The van der Waals surface area contributed by atoms with Crippen molar-refractivity contribution < 1.29 is 9.90 Å². The molecule has 106 valence electrons. The minimum Gasteiger partial charge on any atom is -0.394 e. The maximum Gasteiger partial charge on any atom is 0.262 e. The second-order valence-corrected chi connectivity index (χ2v) is 5.97. The predicted molar refractivity (Wildman–Crippen MR) is 83.0 cm³/mol. The zero-order valence-electron chi connectivity index (χ0n) is 11.7. The maximum atomic E-state index is 12.4. The number of carbonyl (C=O) groups is 1. The van der Waals surface area contributed by atoms with Crippen LogP contribution in [-0.4, -0.2) is 23.2 Å². The molecule has 2 N–H and O–H groups in total. The molecule has 1 aromatic carbocycles. The molecule has 1 amide bonds. The summed E-state index contributed by atoms with van der Waals surface area (Å²) >= 11 is 1.42. The van der Waals surface area contributed by atoms with Crippen LogP contribution in [0.3, 0.4) is 0 Å². The van der Waals surface area contributed by atoms with Crippen molar-refractivity contribution in [2.75, 3.05) is 6.61 Å². The smallest absolute Gasteiger partial charge is 0.262 e. The van der Waals surface area contributed by atoms with E-state index in [4.69, 9.17) is 0 Å². The van der Waals surface area contributed by atoms with Gasteiger partial charge in [0.25, 0.3) is 5.91 Å². The molecule has 20 heavy (non-hydrogen) atoms. The molecule has 0 saturated heterocycles. The number of rotatable bonds is 5. The van der Waals surface area contributed by atoms with Gasteiger partial charge in [0, 0.05) is 5.56 Å². The number of amides is 1. The van der Waals surface area contributed by atoms with Crippen molar-refractivity contribution >= 4 is 17.2 Å². The number of nitrogens with one attached hydrogen (secondary N) is 1. The van der Waals surface area contributed by atoms with Crippen LogP contribution in [-0.2, 0) is 0 Å². The summed E-state index contributed by atoms with van der Waals surface area (Å²) in [7, 11) is 0. The molecule has 0 aliphatic carbocycles. The molecule has 1 atom stereocenters. The largest absolute Gasteiger partial charge is 0.394 e. The minimum atomic E-state index is -0.574. The van der Waals surface area contributed by atoms with Gasteiger partial charge in [-0.15, -0.1) is 11.3 Å². The summed E-state index contributed by atoms with van der Waals surface area (Å²) < 4.78 is 0. The van der Waals surface area contributed by atoms with Crippen molar-refractivity contribution in [3.63, 3.8) is 0 Å². The van der Waals surface area contributed by atoms with Gasteiger partial charge in [-0.05, 0) is 30.4 Å². The lowest BCUT2D eigenvalue weighted by atomic mass is 9.99. The first-order chi connectivity index (χ1) is 9.59. The fourth-order valence-electron chi connectivity index (χ4n) is 1.90. The Balaban J connectivity index is 2.27. The molecular formula is C16H19NO2S. The summed E-state index contributed by atoms with van der Waals surface area (Å²) in [5, 5.41) is 14.2. The molecule has 2 rings (SSSR count). The van der Waals surface area contributed by atoms with Gasteiger partial charge in [-0.3, -0.25) is 4.79 Å². The van der Waals surface area contributed by atoms with Gasteiger partial charge in [-0.2, -0.15) is 0 Å². The molecule has 2 aromatic rings. The normalized spacial score (nSPS) is 13.8. The Hall–Kier alpha value is -1.65. The van der Waals surface area contributed by atoms with Gasteiger partial charge in [0.2, 0.25) is 0 Å². The number of carbonyl (C=O) groups excluding carboxylic acids is 1. The highest BCUT2D eigenvalue weighted by molar-refractivity contribution is 7.12. The van der Waals surface area contributed by atoms with E-state index in [0.717, 1.165) is 11.1 Å². The fourth-order valence-corrected chi connectivity index (χ4v) is 2.71. The summed E-state index contributed by atoms with van der Waals surface area (Å²) in [5.41, 5.74) is 1.39. The summed E-state index contributed by atoms with van der Waals surface area (Å²) in [6.45, 7) is 3.73. The lowest BCUT2D eigenvalue weighted by molar-refractivity contribution is 0.0852. The predicted octanol–water partition coefficient (Wildman–Crippen LogP) is 3.31. The van der Waals surface area contributed by atoms with Crippen LogP contribution in [0.25, 0.3) is 11.1 Å². The average Bonchev–Trinajstić information content (AvgIpc) is 2.97. The molecule has 0 aliphatic heterocycles. The lowest BCUT2D eigenvalue weighted by Gasteiger charge is -2.27. The quantitative estimate of drug-likeness (QED) is 0.887. The van der Waals surface area contributed by atoms with E-state index < -0.39 is 5.54 Å². The Labute approximate surface area is 123 Å². The molecule has 1 aromatic heterocycles. The number of hydrogen-bond donors (Lipinski definition) is 2. The van der Waals surface area contributed by atoms with Gasteiger partial charge in [-0.25, -0.2) is 0 Å². The molecular weight excluding hydrogens is 270 g/mol. The van der Waals surface area contributed by atoms with Crippen LogP contribution in [0.15, 0.2) is 41.8 Å². The average molecular weight is 289 g/mol. The van der Waals surface area contributed by atoms with Gasteiger partial charge in [0.1, 0.15) is 0 Å². The minimum absolute atomic E-state index is 0.0682. The summed E-state index contributed by atoms with van der Waals surface area (Å²) in [6.07, 6.45) is 0.682. The van der Waals surface area contributed by atoms with Crippen LogP contribution in [0.1, 0.15) is 29.9 Å². The zero-order valence-corrected chi connectivity index (χ0v) is 12.5.